The Morgan fingerprint density at radius 1 is 0.763 bits per heavy atom. The first-order chi connectivity index (χ1) is 18.1. The lowest BCUT2D eigenvalue weighted by Crippen LogP contribution is -2.50. The number of para-hydroxylation sites is 1. The van der Waals surface area contributed by atoms with E-state index in [1.165, 1.54) is 0 Å². The van der Waals surface area contributed by atoms with Gasteiger partial charge in [-0.1, -0.05) is 44.2 Å². The molecule has 0 fully saturated rings. The van der Waals surface area contributed by atoms with Crippen LogP contribution in [0.5, 0.6) is 11.5 Å². The Kier molecular flexibility index (Phi) is 16.0. The molecule has 7 nitrogen and oxygen atoms in total. The fourth-order valence-electron chi connectivity index (χ4n) is 3.69. The van der Waals surface area contributed by atoms with Crippen LogP contribution < -0.4 is 9.47 Å². The third-order valence-electron chi connectivity index (χ3n) is 5.46. The molecule has 0 saturated carbocycles. The minimum atomic E-state index is -2.72. The van der Waals surface area contributed by atoms with Crippen LogP contribution in [-0.2, 0) is 26.1 Å². The lowest BCUT2D eigenvalue weighted by Gasteiger charge is -2.33. The summed E-state index contributed by atoms with van der Waals surface area (Å²) in [6.07, 6.45) is 4.68. The molecular weight excluding hydrogens is 583 g/mol. The molecule has 0 N–H and O–H groups in total. The first kappa shape index (κ1) is 34.2. The van der Waals surface area contributed by atoms with Crippen molar-refractivity contribution in [1.82, 2.24) is 0 Å². The van der Waals surface area contributed by atoms with Crippen molar-refractivity contribution >= 4 is 48.0 Å². The highest BCUT2D eigenvalue weighted by Gasteiger charge is 2.46. The summed E-state index contributed by atoms with van der Waals surface area (Å²) in [6.45, 7) is 11.5. The van der Waals surface area contributed by atoms with E-state index in [1.807, 2.05) is 58.0 Å². The number of halogens is 3. The van der Waals surface area contributed by atoms with Gasteiger partial charge in [0.15, 0.2) is 0 Å². The van der Waals surface area contributed by atoms with E-state index >= 15 is 0 Å². The minimum Gasteiger partial charge on any atom is -0.388 e. The summed E-state index contributed by atoms with van der Waals surface area (Å²) in [5.41, 5.74) is 2.04. The SMILES string of the molecule is CC(Cc1ccccc1OC#N)[Si](Cl)(Cl)Cl.CCO[Si](OCC)(OCC)C(C)Cc1cccc(OC#N)c1. The summed E-state index contributed by atoms with van der Waals surface area (Å²) < 4.78 is 27.5. The maximum Gasteiger partial charge on any atom is 0.504 e. The van der Waals surface area contributed by atoms with E-state index in [2.05, 4.69) is 6.92 Å². The zero-order chi connectivity index (χ0) is 28.6. The number of nitriles is 2. The fraction of sp³-hybridized carbons (Fsp3) is 0.462. The summed E-state index contributed by atoms with van der Waals surface area (Å²) in [5, 5.41) is 17.1. The number of rotatable bonds is 14. The van der Waals surface area contributed by atoms with E-state index in [9.17, 15) is 0 Å². The molecule has 0 amide bonds. The molecule has 0 bridgehead atoms. The molecule has 2 aromatic carbocycles. The number of benzene rings is 2. The molecule has 2 rings (SSSR count). The van der Waals surface area contributed by atoms with Gasteiger partial charge in [-0.2, -0.15) is 0 Å². The molecule has 0 aliphatic heterocycles. The van der Waals surface area contributed by atoms with E-state index in [0.29, 0.717) is 37.7 Å². The van der Waals surface area contributed by atoms with Gasteiger partial charge >= 0.3 is 14.8 Å². The third kappa shape index (κ3) is 11.5. The molecule has 2 unspecified atom stereocenters. The molecule has 208 valence electrons. The molecule has 0 spiro atoms. The van der Waals surface area contributed by atoms with Gasteiger partial charge in [-0.3, -0.25) is 0 Å². The highest BCUT2D eigenvalue weighted by molar-refractivity contribution is 7.65. The van der Waals surface area contributed by atoms with E-state index in [0.717, 1.165) is 17.5 Å². The van der Waals surface area contributed by atoms with Crippen LogP contribution in [0, 0.1) is 23.0 Å². The van der Waals surface area contributed by atoms with Crippen molar-refractivity contribution in [3.05, 3.63) is 59.7 Å². The van der Waals surface area contributed by atoms with Crippen molar-refractivity contribution in [2.45, 2.75) is 58.5 Å². The second kappa shape index (κ2) is 17.7. The Morgan fingerprint density at radius 2 is 1.34 bits per heavy atom. The van der Waals surface area contributed by atoms with Crippen LogP contribution in [0.3, 0.4) is 0 Å². The van der Waals surface area contributed by atoms with Gasteiger partial charge in [0.25, 0.3) is 12.5 Å². The predicted octanol–water partition coefficient (Wildman–Crippen LogP) is 7.66. The largest absolute Gasteiger partial charge is 0.504 e. The monoisotopic (exact) mass is 616 g/mol. The smallest absolute Gasteiger partial charge is 0.388 e. The van der Waals surface area contributed by atoms with E-state index < -0.39 is 14.8 Å². The van der Waals surface area contributed by atoms with Crippen molar-refractivity contribution < 1.29 is 22.8 Å². The number of hydrogen-bond acceptors (Lipinski definition) is 7. The van der Waals surface area contributed by atoms with Gasteiger partial charge < -0.3 is 22.8 Å². The summed E-state index contributed by atoms with van der Waals surface area (Å²) in [5.74, 6) is 1.07. The zero-order valence-electron chi connectivity index (χ0n) is 22.4. The number of nitrogens with zero attached hydrogens (tertiary/aromatic N) is 2. The Balaban J connectivity index is 0.000000399. The average molecular weight is 618 g/mol. The quantitative estimate of drug-likeness (QED) is 0.122. The molecule has 2 aromatic rings. The highest BCUT2D eigenvalue weighted by atomic mass is 35.8. The van der Waals surface area contributed by atoms with Crippen molar-refractivity contribution in [2.24, 2.45) is 0 Å². The van der Waals surface area contributed by atoms with Gasteiger partial charge in [-0.05, 0) is 68.5 Å². The van der Waals surface area contributed by atoms with Crippen molar-refractivity contribution in [2.75, 3.05) is 19.8 Å². The molecule has 0 saturated heterocycles. The summed E-state index contributed by atoms with van der Waals surface area (Å²) in [7, 11) is -2.72. The minimum absolute atomic E-state index is 0.0269. The van der Waals surface area contributed by atoms with Crippen LogP contribution in [0.2, 0.25) is 11.1 Å². The standard InChI is InChI=1S/C16H25NO4Si.C10H10Cl3NOSi/c1-5-19-22(20-6-2,21-7-3)14(4)11-15-9-8-10-16(12-15)18-13-17;1-8(16(11,12)13)6-9-4-2-3-5-10(9)15-7-14/h8-10,12,14H,5-7,11H2,1-4H3;2-5,8H,6H2,1H3. The fourth-order valence-corrected chi connectivity index (χ4v) is 7.63. The lowest BCUT2D eigenvalue weighted by atomic mass is 10.1. The molecule has 0 radical (unpaired) electrons. The van der Waals surface area contributed by atoms with E-state index in [1.54, 1.807) is 30.7 Å². The lowest BCUT2D eigenvalue weighted by molar-refractivity contribution is 0.0624. The topological polar surface area (TPSA) is 93.7 Å². The van der Waals surface area contributed by atoms with Crippen LogP contribution >= 0.6 is 33.2 Å². The molecule has 0 aromatic heterocycles. The van der Waals surface area contributed by atoms with Gasteiger partial charge in [-0.15, -0.1) is 43.8 Å². The predicted molar refractivity (Wildman–Crippen MR) is 156 cm³/mol. The van der Waals surface area contributed by atoms with Crippen LogP contribution in [0.15, 0.2) is 48.5 Å². The number of ether oxygens (including phenoxy) is 2. The molecule has 0 heterocycles. The second-order valence-electron chi connectivity index (χ2n) is 8.30. The van der Waals surface area contributed by atoms with Gasteiger partial charge in [0.2, 0.25) is 0 Å². The van der Waals surface area contributed by atoms with Gasteiger partial charge in [0, 0.05) is 25.4 Å². The van der Waals surface area contributed by atoms with Gasteiger partial charge in [0.05, 0.1) is 0 Å². The van der Waals surface area contributed by atoms with Gasteiger partial charge in [0.1, 0.15) is 11.5 Å². The van der Waals surface area contributed by atoms with Crippen molar-refractivity contribution in [3.63, 3.8) is 0 Å². The Labute approximate surface area is 242 Å². The van der Waals surface area contributed by atoms with Crippen LogP contribution in [0.1, 0.15) is 45.7 Å². The van der Waals surface area contributed by atoms with Crippen molar-refractivity contribution in [1.29, 1.82) is 10.5 Å². The summed E-state index contributed by atoms with van der Waals surface area (Å²) in [4.78, 5) is 0. The van der Waals surface area contributed by atoms with E-state index in [4.69, 9.17) is 66.5 Å². The Bertz CT molecular complexity index is 1040. The maximum atomic E-state index is 8.61. The molecule has 0 aliphatic rings. The van der Waals surface area contributed by atoms with Crippen LogP contribution in [-0.4, -0.2) is 34.6 Å². The molecular formula is C26H35Cl3N2O5Si2. The normalized spacial score (nSPS) is 12.8. The zero-order valence-corrected chi connectivity index (χ0v) is 26.6. The maximum absolute atomic E-state index is 8.61. The molecule has 38 heavy (non-hydrogen) atoms. The summed E-state index contributed by atoms with van der Waals surface area (Å²) >= 11 is 17.8. The van der Waals surface area contributed by atoms with Crippen LogP contribution in [0.4, 0.5) is 0 Å². The Hall–Kier alpha value is -1.80. The first-order valence-corrected chi connectivity index (χ1v) is 19.2. The third-order valence-corrected chi connectivity index (χ3v) is 13.6. The van der Waals surface area contributed by atoms with Crippen LogP contribution in [0.25, 0.3) is 0 Å². The van der Waals surface area contributed by atoms with E-state index in [-0.39, 0.29) is 11.1 Å². The molecule has 0 aliphatic carbocycles. The van der Waals surface area contributed by atoms with Gasteiger partial charge in [-0.25, -0.2) is 0 Å². The highest BCUT2D eigenvalue weighted by Crippen LogP contribution is 2.37. The Morgan fingerprint density at radius 3 is 1.87 bits per heavy atom. The second-order valence-corrected chi connectivity index (χ2v) is 20.5. The number of hydrogen-bond donors (Lipinski definition) is 0. The molecule has 12 heteroatoms. The molecule has 2 atom stereocenters. The summed E-state index contributed by atoms with van der Waals surface area (Å²) in [6, 6.07) is 12.1. The first-order valence-electron chi connectivity index (χ1n) is 12.3. The van der Waals surface area contributed by atoms with Crippen molar-refractivity contribution in [3.8, 4) is 24.0 Å². The average Bonchev–Trinajstić information content (AvgIpc) is 2.86.